The second-order valence-corrected chi connectivity index (χ2v) is 9.85. The topological polar surface area (TPSA) is 79.0 Å². The van der Waals surface area contributed by atoms with Crippen molar-refractivity contribution in [2.75, 3.05) is 30.5 Å². The van der Waals surface area contributed by atoms with Gasteiger partial charge in [-0.25, -0.2) is 0 Å². The lowest BCUT2D eigenvalue weighted by Gasteiger charge is -2.35. The van der Waals surface area contributed by atoms with Crippen LogP contribution in [-0.4, -0.2) is 44.9 Å². The van der Waals surface area contributed by atoms with Crippen molar-refractivity contribution >= 4 is 21.8 Å². The first-order valence-electron chi connectivity index (χ1n) is 11.2. The lowest BCUT2D eigenvalue weighted by Crippen LogP contribution is -2.50. The van der Waals surface area contributed by atoms with Gasteiger partial charge in [-0.1, -0.05) is 29.8 Å². The van der Waals surface area contributed by atoms with Crippen molar-refractivity contribution in [1.29, 1.82) is 0 Å². The summed E-state index contributed by atoms with van der Waals surface area (Å²) in [5.41, 5.74) is 2.78. The second kappa shape index (κ2) is 10.8. The minimum Gasteiger partial charge on any atom is -0.494 e. The zero-order valence-electron chi connectivity index (χ0n) is 19.1. The van der Waals surface area contributed by atoms with E-state index in [9.17, 15) is 13.2 Å². The third kappa shape index (κ3) is 5.81. The molecule has 0 saturated carbocycles. The number of hydrogen-bond donors (Lipinski definition) is 1. The average molecular weight is 460 g/mol. The lowest BCUT2D eigenvalue weighted by atomic mass is 9.98. The van der Waals surface area contributed by atoms with Gasteiger partial charge in [-0.05, 0) is 63.4 Å². The van der Waals surface area contributed by atoms with E-state index < -0.39 is 10.2 Å². The van der Waals surface area contributed by atoms with Gasteiger partial charge in [-0.15, -0.1) is 0 Å². The number of rotatable bonds is 9. The number of aryl methyl sites for hydroxylation is 1. The largest absolute Gasteiger partial charge is 0.494 e. The molecule has 1 atom stereocenters. The molecule has 0 unspecified atom stereocenters. The maximum Gasteiger partial charge on any atom is 0.304 e. The van der Waals surface area contributed by atoms with E-state index in [1.54, 1.807) is 24.3 Å². The van der Waals surface area contributed by atoms with Crippen LogP contribution in [0.1, 0.15) is 37.8 Å². The number of nitrogens with zero attached hydrogens (tertiary/aromatic N) is 2. The standard InChI is InChI=1S/C24H33N3O4S/c1-4-27(22-12-14-23(15-13-22)31-5-2)32(29,30)26-16-6-7-21(18-26)24(28)25-17-20-10-8-19(3)9-11-20/h8-15,21H,4-7,16-18H2,1-3H3,(H,25,28)/t21-/m0/s1. The van der Waals surface area contributed by atoms with Gasteiger partial charge in [0, 0.05) is 26.2 Å². The van der Waals surface area contributed by atoms with Crippen LogP contribution in [0.2, 0.25) is 0 Å². The Morgan fingerprint density at radius 2 is 1.81 bits per heavy atom. The van der Waals surface area contributed by atoms with E-state index in [2.05, 4.69) is 5.32 Å². The molecule has 0 radical (unpaired) electrons. The van der Waals surface area contributed by atoms with Gasteiger partial charge in [0.05, 0.1) is 18.2 Å². The van der Waals surface area contributed by atoms with Crippen LogP contribution in [0.4, 0.5) is 5.69 Å². The summed E-state index contributed by atoms with van der Waals surface area (Å²) in [6, 6.07) is 15.0. The zero-order valence-corrected chi connectivity index (χ0v) is 19.9. The van der Waals surface area contributed by atoms with Gasteiger partial charge in [0.15, 0.2) is 0 Å². The fourth-order valence-electron chi connectivity index (χ4n) is 3.90. The Balaban J connectivity index is 1.66. The average Bonchev–Trinajstić information content (AvgIpc) is 2.80. The Kier molecular flexibility index (Phi) is 8.15. The highest BCUT2D eigenvalue weighted by atomic mass is 32.2. The van der Waals surface area contributed by atoms with Crippen molar-refractivity contribution in [3.8, 4) is 5.75 Å². The van der Waals surface area contributed by atoms with Crippen molar-refractivity contribution in [3.63, 3.8) is 0 Å². The smallest absolute Gasteiger partial charge is 0.304 e. The molecule has 8 heteroatoms. The lowest BCUT2D eigenvalue weighted by molar-refractivity contribution is -0.126. The van der Waals surface area contributed by atoms with Crippen LogP contribution >= 0.6 is 0 Å². The first kappa shape index (κ1) is 24.1. The maximum atomic E-state index is 13.4. The van der Waals surface area contributed by atoms with Crippen LogP contribution in [0.25, 0.3) is 0 Å². The van der Waals surface area contributed by atoms with Gasteiger partial charge in [-0.2, -0.15) is 12.7 Å². The van der Waals surface area contributed by atoms with Crippen LogP contribution in [-0.2, 0) is 21.5 Å². The van der Waals surface area contributed by atoms with E-state index in [1.165, 1.54) is 14.2 Å². The molecular formula is C24H33N3O4S. The normalized spacial score (nSPS) is 17.0. The summed E-state index contributed by atoms with van der Waals surface area (Å²) >= 11 is 0. The molecule has 32 heavy (non-hydrogen) atoms. The van der Waals surface area contributed by atoms with Crippen LogP contribution in [0, 0.1) is 12.8 Å². The van der Waals surface area contributed by atoms with Gasteiger partial charge in [-0.3, -0.25) is 9.10 Å². The van der Waals surface area contributed by atoms with Gasteiger partial charge in [0.25, 0.3) is 0 Å². The predicted molar refractivity (Wildman–Crippen MR) is 127 cm³/mol. The van der Waals surface area contributed by atoms with Crippen LogP contribution in [0.5, 0.6) is 5.75 Å². The molecule has 7 nitrogen and oxygen atoms in total. The minimum absolute atomic E-state index is 0.102. The van der Waals surface area contributed by atoms with Gasteiger partial charge in [0.2, 0.25) is 5.91 Å². The molecule has 1 saturated heterocycles. The Morgan fingerprint density at radius 3 is 2.44 bits per heavy atom. The number of nitrogens with one attached hydrogen (secondary N) is 1. The molecule has 0 aromatic heterocycles. The first-order chi connectivity index (χ1) is 15.3. The summed E-state index contributed by atoms with van der Waals surface area (Å²) < 4.78 is 35.1. The van der Waals surface area contributed by atoms with Crippen molar-refractivity contribution in [2.24, 2.45) is 5.92 Å². The highest BCUT2D eigenvalue weighted by Gasteiger charge is 2.35. The van der Waals surface area contributed by atoms with E-state index in [4.69, 9.17) is 4.74 Å². The molecule has 174 valence electrons. The Morgan fingerprint density at radius 1 is 1.12 bits per heavy atom. The molecular weight excluding hydrogens is 426 g/mol. The minimum atomic E-state index is -3.74. The van der Waals surface area contributed by atoms with Crippen molar-refractivity contribution in [3.05, 3.63) is 59.7 Å². The van der Waals surface area contributed by atoms with Crippen LogP contribution in [0.3, 0.4) is 0 Å². The second-order valence-electron chi connectivity index (χ2n) is 8.00. The molecule has 0 bridgehead atoms. The Bertz CT molecular complexity index is 991. The van der Waals surface area contributed by atoms with Crippen molar-refractivity contribution in [1.82, 2.24) is 9.62 Å². The molecule has 1 heterocycles. The highest BCUT2D eigenvalue weighted by molar-refractivity contribution is 7.90. The molecule has 2 aromatic carbocycles. The summed E-state index contributed by atoms with van der Waals surface area (Å²) in [5.74, 6) is 0.241. The fraction of sp³-hybridized carbons (Fsp3) is 0.458. The summed E-state index contributed by atoms with van der Waals surface area (Å²) in [5, 5.41) is 2.97. The number of carbonyl (C=O) groups excluding carboxylic acids is 1. The number of piperidine rings is 1. The number of ether oxygens (including phenoxy) is 1. The maximum absolute atomic E-state index is 13.4. The Hall–Kier alpha value is -2.58. The van der Waals surface area contributed by atoms with Gasteiger partial charge >= 0.3 is 10.2 Å². The van der Waals surface area contributed by atoms with E-state index in [0.29, 0.717) is 50.5 Å². The summed E-state index contributed by atoms with van der Waals surface area (Å²) in [4.78, 5) is 12.8. The van der Waals surface area contributed by atoms with Gasteiger partial charge < -0.3 is 10.1 Å². The SMILES string of the molecule is CCOc1ccc(N(CC)S(=O)(=O)N2CCC[C@H](C(=O)NCc3ccc(C)cc3)C2)cc1. The zero-order chi connectivity index (χ0) is 23.1. The third-order valence-corrected chi connectivity index (χ3v) is 7.68. The Labute approximate surface area is 191 Å². The number of hydrogen-bond acceptors (Lipinski definition) is 4. The number of anilines is 1. The molecule has 1 N–H and O–H groups in total. The molecule has 1 fully saturated rings. The summed E-state index contributed by atoms with van der Waals surface area (Å²) in [6.07, 6.45) is 1.34. The quantitative estimate of drug-likeness (QED) is 0.623. The molecule has 1 aliphatic rings. The van der Waals surface area contributed by atoms with Crippen molar-refractivity contribution in [2.45, 2.75) is 40.2 Å². The first-order valence-corrected chi connectivity index (χ1v) is 12.6. The summed E-state index contributed by atoms with van der Waals surface area (Å²) in [6.45, 7) is 7.63. The van der Waals surface area contributed by atoms with Crippen LogP contribution < -0.4 is 14.4 Å². The highest BCUT2D eigenvalue weighted by Crippen LogP contribution is 2.27. The molecule has 0 aliphatic carbocycles. The molecule has 0 spiro atoms. The third-order valence-electron chi connectivity index (χ3n) is 5.67. The predicted octanol–water partition coefficient (Wildman–Crippen LogP) is 3.49. The van der Waals surface area contributed by atoms with Crippen LogP contribution in [0.15, 0.2) is 48.5 Å². The summed E-state index contributed by atoms with van der Waals surface area (Å²) in [7, 11) is -3.74. The van der Waals surface area contributed by atoms with E-state index in [-0.39, 0.29) is 18.4 Å². The number of benzene rings is 2. The fourth-order valence-corrected chi connectivity index (χ4v) is 5.62. The van der Waals surface area contributed by atoms with E-state index >= 15 is 0 Å². The van der Waals surface area contributed by atoms with E-state index in [0.717, 1.165) is 5.56 Å². The molecule has 3 rings (SSSR count). The molecule has 2 aromatic rings. The van der Waals surface area contributed by atoms with Crippen molar-refractivity contribution < 1.29 is 17.9 Å². The van der Waals surface area contributed by atoms with Gasteiger partial charge in [0.1, 0.15) is 5.75 Å². The van der Waals surface area contributed by atoms with E-state index in [1.807, 2.05) is 45.0 Å². The molecule has 1 aliphatic heterocycles. The molecule has 1 amide bonds. The number of amides is 1. The number of carbonyl (C=O) groups is 1. The monoisotopic (exact) mass is 459 g/mol.